The Bertz CT molecular complexity index is 367. The molecule has 0 fully saturated rings. The van der Waals surface area contributed by atoms with Crippen LogP contribution in [-0.4, -0.2) is 11.7 Å². The Labute approximate surface area is 97.6 Å². The molecule has 0 spiro atoms. The number of aryl methyl sites for hydroxylation is 1. The van der Waals surface area contributed by atoms with Crippen molar-refractivity contribution in [3.63, 3.8) is 0 Å². The largest absolute Gasteiger partial charge is 0.493 e. The van der Waals surface area contributed by atoms with E-state index in [4.69, 9.17) is 4.74 Å². The van der Waals surface area contributed by atoms with E-state index in [1.807, 2.05) is 32.0 Å². The van der Waals surface area contributed by atoms with Crippen molar-refractivity contribution >= 4 is 0 Å². The lowest BCUT2D eigenvalue weighted by Gasteiger charge is -2.14. The summed E-state index contributed by atoms with van der Waals surface area (Å²) in [5.74, 6) is 0.774. The van der Waals surface area contributed by atoms with Crippen molar-refractivity contribution in [2.24, 2.45) is 0 Å². The molecular weight excluding hydrogens is 200 g/mol. The van der Waals surface area contributed by atoms with Gasteiger partial charge in [-0.2, -0.15) is 0 Å². The van der Waals surface area contributed by atoms with Gasteiger partial charge in [0.05, 0.1) is 12.7 Å². The number of aliphatic hydroxyl groups excluding tert-OH is 1. The minimum absolute atomic E-state index is 0.500. The third-order valence-corrected chi connectivity index (χ3v) is 2.41. The summed E-state index contributed by atoms with van der Waals surface area (Å²) in [5.41, 5.74) is 3.08. The van der Waals surface area contributed by atoms with Crippen LogP contribution in [0.4, 0.5) is 0 Å². The summed E-state index contributed by atoms with van der Waals surface area (Å²) >= 11 is 0. The Morgan fingerprint density at radius 2 is 2.19 bits per heavy atom. The molecule has 0 aliphatic heterocycles. The lowest BCUT2D eigenvalue weighted by atomic mass is 10.1. The first-order valence-corrected chi connectivity index (χ1v) is 5.56. The van der Waals surface area contributed by atoms with Gasteiger partial charge in [0.2, 0.25) is 0 Å². The summed E-state index contributed by atoms with van der Waals surface area (Å²) in [7, 11) is 0. The molecule has 16 heavy (non-hydrogen) atoms. The van der Waals surface area contributed by atoms with Gasteiger partial charge in [-0.1, -0.05) is 17.7 Å². The standard InChI is InChI=1S/C14H20O2/c1-10(2)7-8-16-14-9-11(3)5-6-13(14)12(4)15/h5-6,9,12,15H,1,7-8H2,2-4H3/t12-/m0/s1. The van der Waals surface area contributed by atoms with Gasteiger partial charge < -0.3 is 9.84 Å². The van der Waals surface area contributed by atoms with Crippen molar-refractivity contribution in [1.82, 2.24) is 0 Å². The fraction of sp³-hybridized carbons (Fsp3) is 0.429. The fourth-order valence-corrected chi connectivity index (χ4v) is 1.45. The molecule has 0 saturated carbocycles. The monoisotopic (exact) mass is 220 g/mol. The van der Waals surface area contributed by atoms with E-state index in [1.165, 1.54) is 0 Å². The van der Waals surface area contributed by atoms with Crippen LogP contribution in [0.3, 0.4) is 0 Å². The first kappa shape index (κ1) is 12.8. The Hall–Kier alpha value is -1.28. The molecule has 1 atom stereocenters. The molecule has 1 aromatic carbocycles. The third kappa shape index (κ3) is 3.70. The van der Waals surface area contributed by atoms with Gasteiger partial charge in [0.1, 0.15) is 5.75 Å². The molecule has 88 valence electrons. The number of ether oxygens (including phenoxy) is 1. The van der Waals surface area contributed by atoms with Crippen LogP contribution in [-0.2, 0) is 0 Å². The van der Waals surface area contributed by atoms with E-state index in [2.05, 4.69) is 6.58 Å². The van der Waals surface area contributed by atoms with Gasteiger partial charge in [0, 0.05) is 12.0 Å². The Kier molecular flexibility index (Phi) is 4.56. The topological polar surface area (TPSA) is 29.5 Å². The highest BCUT2D eigenvalue weighted by atomic mass is 16.5. The molecule has 0 aromatic heterocycles. The Morgan fingerprint density at radius 3 is 2.75 bits per heavy atom. The second-order valence-corrected chi connectivity index (χ2v) is 4.27. The highest BCUT2D eigenvalue weighted by Crippen LogP contribution is 2.26. The quantitative estimate of drug-likeness (QED) is 0.771. The second kappa shape index (κ2) is 5.71. The highest BCUT2D eigenvalue weighted by Gasteiger charge is 2.08. The normalized spacial score (nSPS) is 12.2. The van der Waals surface area contributed by atoms with Crippen LogP contribution >= 0.6 is 0 Å². The molecule has 0 radical (unpaired) electrons. The summed E-state index contributed by atoms with van der Waals surface area (Å²) in [6.07, 6.45) is 0.341. The van der Waals surface area contributed by atoms with Gasteiger partial charge in [0.15, 0.2) is 0 Å². The zero-order valence-electron chi connectivity index (χ0n) is 10.3. The van der Waals surface area contributed by atoms with Crippen molar-refractivity contribution < 1.29 is 9.84 Å². The molecule has 0 unspecified atom stereocenters. The molecule has 2 heteroatoms. The van der Waals surface area contributed by atoms with E-state index in [1.54, 1.807) is 6.92 Å². The second-order valence-electron chi connectivity index (χ2n) is 4.27. The van der Waals surface area contributed by atoms with Crippen molar-refractivity contribution in [3.05, 3.63) is 41.5 Å². The minimum Gasteiger partial charge on any atom is -0.493 e. The Morgan fingerprint density at radius 1 is 1.50 bits per heavy atom. The summed E-state index contributed by atoms with van der Waals surface area (Å²) in [5, 5.41) is 9.61. The fourth-order valence-electron chi connectivity index (χ4n) is 1.45. The molecule has 0 bridgehead atoms. The predicted molar refractivity (Wildman–Crippen MR) is 66.7 cm³/mol. The summed E-state index contributed by atoms with van der Waals surface area (Å²) in [6.45, 7) is 10.2. The molecule has 0 heterocycles. The number of hydrogen-bond donors (Lipinski definition) is 1. The third-order valence-electron chi connectivity index (χ3n) is 2.41. The predicted octanol–water partition coefficient (Wildman–Crippen LogP) is 3.39. The van der Waals surface area contributed by atoms with E-state index >= 15 is 0 Å². The Balaban J connectivity index is 2.76. The van der Waals surface area contributed by atoms with Gasteiger partial charge in [0.25, 0.3) is 0 Å². The van der Waals surface area contributed by atoms with Crippen molar-refractivity contribution in [1.29, 1.82) is 0 Å². The highest BCUT2D eigenvalue weighted by molar-refractivity contribution is 5.38. The maximum absolute atomic E-state index is 9.61. The summed E-state index contributed by atoms with van der Waals surface area (Å²) in [6, 6.07) is 5.85. The maximum atomic E-state index is 9.61. The zero-order chi connectivity index (χ0) is 12.1. The van der Waals surface area contributed by atoms with E-state index in [9.17, 15) is 5.11 Å². The van der Waals surface area contributed by atoms with Crippen LogP contribution in [0.1, 0.15) is 37.5 Å². The van der Waals surface area contributed by atoms with Crippen LogP contribution in [0.2, 0.25) is 0 Å². The van der Waals surface area contributed by atoms with E-state index < -0.39 is 6.10 Å². The SMILES string of the molecule is C=C(C)CCOc1cc(C)ccc1[C@H](C)O. The molecule has 1 rings (SSSR count). The lowest BCUT2D eigenvalue weighted by Crippen LogP contribution is -2.02. The zero-order valence-corrected chi connectivity index (χ0v) is 10.3. The van der Waals surface area contributed by atoms with E-state index in [0.717, 1.165) is 28.9 Å². The average Bonchev–Trinajstić information content (AvgIpc) is 2.16. The van der Waals surface area contributed by atoms with Crippen LogP contribution in [0, 0.1) is 6.92 Å². The van der Waals surface area contributed by atoms with Crippen LogP contribution in [0.5, 0.6) is 5.75 Å². The maximum Gasteiger partial charge on any atom is 0.125 e. The van der Waals surface area contributed by atoms with Gasteiger partial charge in [-0.05, 0) is 32.4 Å². The first-order chi connectivity index (χ1) is 7.50. The smallest absolute Gasteiger partial charge is 0.125 e. The lowest BCUT2D eigenvalue weighted by molar-refractivity contribution is 0.191. The minimum atomic E-state index is -0.500. The van der Waals surface area contributed by atoms with Gasteiger partial charge in [-0.3, -0.25) is 0 Å². The molecule has 0 amide bonds. The van der Waals surface area contributed by atoms with Crippen molar-refractivity contribution in [2.75, 3.05) is 6.61 Å². The van der Waals surface area contributed by atoms with Crippen LogP contribution in [0.25, 0.3) is 0 Å². The number of rotatable bonds is 5. The van der Waals surface area contributed by atoms with Crippen molar-refractivity contribution in [3.8, 4) is 5.75 Å². The molecule has 0 aliphatic rings. The first-order valence-electron chi connectivity index (χ1n) is 5.56. The number of aliphatic hydroxyl groups is 1. The van der Waals surface area contributed by atoms with Crippen molar-refractivity contribution in [2.45, 2.75) is 33.3 Å². The molecule has 0 aliphatic carbocycles. The van der Waals surface area contributed by atoms with Gasteiger partial charge >= 0.3 is 0 Å². The average molecular weight is 220 g/mol. The van der Waals surface area contributed by atoms with Gasteiger partial charge in [-0.15, -0.1) is 6.58 Å². The van der Waals surface area contributed by atoms with E-state index in [-0.39, 0.29) is 0 Å². The number of benzene rings is 1. The molecule has 1 N–H and O–H groups in total. The van der Waals surface area contributed by atoms with Crippen LogP contribution in [0.15, 0.2) is 30.4 Å². The van der Waals surface area contributed by atoms with Crippen LogP contribution < -0.4 is 4.74 Å². The summed E-state index contributed by atoms with van der Waals surface area (Å²) < 4.78 is 5.67. The summed E-state index contributed by atoms with van der Waals surface area (Å²) in [4.78, 5) is 0. The number of hydrogen-bond acceptors (Lipinski definition) is 2. The molecule has 0 saturated heterocycles. The van der Waals surface area contributed by atoms with Gasteiger partial charge in [-0.25, -0.2) is 0 Å². The molecule has 2 nitrogen and oxygen atoms in total. The molecular formula is C14H20O2. The molecule has 1 aromatic rings. The van der Waals surface area contributed by atoms with E-state index in [0.29, 0.717) is 6.61 Å².